The molecular weight excluding hydrogens is 308 g/mol. The first-order valence-electron chi connectivity index (χ1n) is 7.71. The molecule has 2 aromatic carbocycles. The number of carboxylic acid groups (broad SMARTS) is 1. The molecule has 0 aliphatic carbocycles. The first-order valence-corrected chi connectivity index (χ1v) is 7.71. The van der Waals surface area contributed by atoms with Crippen LogP contribution in [0.2, 0.25) is 0 Å². The average Bonchev–Trinajstić information content (AvgIpc) is 2.62. The number of carbonyl (C=O) groups excluding carboxylic acids is 1. The van der Waals surface area contributed by atoms with Gasteiger partial charge < -0.3 is 20.1 Å². The molecule has 0 atom stereocenters. The summed E-state index contributed by atoms with van der Waals surface area (Å²) in [5, 5.41) is 12.0. The zero-order valence-corrected chi connectivity index (χ0v) is 13.1. The van der Waals surface area contributed by atoms with Crippen LogP contribution in [0.4, 0.5) is 11.4 Å². The van der Waals surface area contributed by atoms with Crippen LogP contribution >= 0.6 is 0 Å². The van der Waals surface area contributed by atoms with Gasteiger partial charge in [0.15, 0.2) is 0 Å². The fourth-order valence-corrected chi connectivity index (χ4v) is 2.67. The van der Waals surface area contributed by atoms with Crippen molar-refractivity contribution in [3.63, 3.8) is 0 Å². The van der Waals surface area contributed by atoms with Gasteiger partial charge in [-0.1, -0.05) is 18.2 Å². The van der Waals surface area contributed by atoms with Crippen molar-refractivity contribution in [3.8, 4) is 0 Å². The van der Waals surface area contributed by atoms with E-state index in [-0.39, 0.29) is 11.1 Å². The Labute approximate surface area is 139 Å². The van der Waals surface area contributed by atoms with Crippen molar-refractivity contribution in [1.29, 1.82) is 0 Å². The van der Waals surface area contributed by atoms with Crippen LogP contribution in [0, 0.1) is 0 Å². The minimum Gasteiger partial charge on any atom is -0.478 e. The second kappa shape index (κ2) is 7.14. The van der Waals surface area contributed by atoms with Crippen LogP contribution in [0.5, 0.6) is 0 Å². The maximum Gasteiger partial charge on any atom is 0.336 e. The maximum atomic E-state index is 12.4. The lowest BCUT2D eigenvalue weighted by atomic mass is 10.1. The number of amides is 1. The number of ether oxygens (including phenoxy) is 1. The quantitative estimate of drug-likeness (QED) is 0.902. The summed E-state index contributed by atoms with van der Waals surface area (Å²) in [4.78, 5) is 25.8. The number of hydrogen-bond donors (Lipinski definition) is 2. The predicted octanol–water partition coefficient (Wildman–Crippen LogP) is 2.47. The van der Waals surface area contributed by atoms with E-state index in [1.807, 2.05) is 18.2 Å². The number of carboxylic acids is 1. The zero-order valence-electron chi connectivity index (χ0n) is 13.1. The molecule has 0 unspecified atom stereocenters. The Morgan fingerprint density at radius 1 is 1.00 bits per heavy atom. The summed E-state index contributed by atoms with van der Waals surface area (Å²) in [5.74, 6) is -1.56. The summed E-state index contributed by atoms with van der Waals surface area (Å²) in [7, 11) is 0. The highest BCUT2D eigenvalue weighted by atomic mass is 16.5. The lowest BCUT2D eigenvalue weighted by Gasteiger charge is -2.29. The number of nitrogens with zero attached hydrogens (tertiary/aromatic N) is 1. The van der Waals surface area contributed by atoms with E-state index in [0.29, 0.717) is 18.9 Å². The van der Waals surface area contributed by atoms with Gasteiger partial charge in [0.2, 0.25) is 0 Å². The van der Waals surface area contributed by atoms with Gasteiger partial charge in [0, 0.05) is 24.5 Å². The van der Waals surface area contributed by atoms with Gasteiger partial charge >= 0.3 is 5.97 Å². The van der Waals surface area contributed by atoms with Gasteiger partial charge in [-0.25, -0.2) is 4.79 Å². The molecule has 1 heterocycles. The molecule has 0 bridgehead atoms. The van der Waals surface area contributed by atoms with Crippen molar-refractivity contribution in [1.82, 2.24) is 0 Å². The van der Waals surface area contributed by atoms with E-state index in [9.17, 15) is 14.7 Å². The number of aromatic carboxylic acids is 1. The molecule has 1 amide bonds. The Morgan fingerprint density at radius 2 is 1.71 bits per heavy atom. The van der Waals surface area contributed by atoms with Gasteiger partial charge in [-0.3, -0.25) is 4.79 Å². The van der Waals surface area contributed by atoms with Gasteiger partial charge in [0.1, 0.15) is 0 Å². The van der Waals surface area contributed by atoms with Gasteiger partial charge in [-0.05, 0) is 30.3 Å². The summed E-state index contributed by atoms with van der Waals surface area (Å²) in [6.45, 7) is 2.98. The number of hydrogen-bond acceptors (Lipinski definition) is 4. The van der Waals surface area contributed by atoms with Crippen LogP contribution < -0.4 is 10.2 Å². The molecule has 0 saturated carbocycles. The molecule has 2 N–H and O–H groups in total. The topological polar surface area (TPSA) is 78.9 Å². The smallest absolute Gasteiger partial charge is 0.336 e. The Hall–Kier alpha value is -2.86. The van der Waals surface area contributed by atoms with Crippen LogP contribution in [0.25, 0.3) is 0 Å². The van der Waals surface area contributed by atoms with Crippen LogP contribution in [0.1, 0.15) is 20.7 Å². The van der Waals surface area contributed by atoms with Crippen molar-refractivity contribution in [2.45, 2.75) is 0 Å². The molecule has 0 aromatic heterocycles. The molecule has 2 aromatic rings. The highest BCUT2D eigenvalue weighted by Gasteiger charge is 2.16. The van der Waals surface area contributed by atoms with Crippen molar-refractivity contribution < 1.29 is 19.4 Å². The van der Waals surface area contributed by atoms with E-state index < -0.39 is 11.9 Å². The summed E-state index contributed by atoms with van der Waals surface area (Å²) >= 11 is 0. The monoisotopic (exact) mass is 326 g/mol. The van der Waals surface area contributed by atoms with Gasteiger partial charge in [-0.2, -0.15) is 0 Å². The number of morpholine rings is 1. The first kappa shape index (κ1) is 16.0. The standard InChI is InChI=1S/C18H18N2O4/c21-17(15-6-1-2-7-16(15)18(22)23)19-13-4-3-5-14(12-13)20-8-10-24-11-9-20/h1-7,12H,8-11H2,(H,19,21)(H,22,23). The highest BCUT2D eigenvalue weighted by Crippen LogP contribution is 2.21. The lowest BCUT2D eigenvalue weighted by molar-refractivity contribution is 0.0692. The third-order valence-corrected chi connectivity index (χ3v) is 3.88. The second-order valence-electron chi connectivity index (χ2n) is 5.45. The first-order chi connectivity index (χ1) is 11.6. The van der Waals surface area contributed by atoms with E-state index >= 15 is 0 Å². The normalized spacial score (nSPS) is 14.2. The SMILES string of the molecule is O=C(O)c1ccccc1C(=O)Nc1cccc(N2CCOCC2)c1. The number of carbonyl (C=O) groups is 2. The van der Waals surface area contributed by atoms with Crippen molar-refractivity contribution in [2.24, 2.45) is 0 Å². The summed E-state index contributed by atoms with van der Waals surface area (Å²) in [5.41, 5.74) is 1.76. The molecule has 0 spiro atoms. The minimum absolute atomic E-state index is 0.0145. The average molecular weight is 326 g/mol. The zero-order chi connectivity index (χ0) is 16.9. The van der Waals surface area contributed by atoms with Crippen LogP contribution in [-0.4, -0.2) is 43.3 Å². The Morgan fingerprint density at radius 3 is 2.42 bits per heavy atom. The predicted molar refractivity (Wildman–Crippen MR) is 90.8 cm³/mol. The van der Waals surface area contributed by atoms with Crippen molar-refractivity contribution >= 4 is 23.3 Å². The number of benzene rings is 2. The number of anilines is 2. The molecule has 1 aliphatic rings. The van der Waals surface area contributed by atoms with Crippen LogP contribution in [0.15, 0.2) is 48.5 Å². The largest absolute Gasteiger partial charge is 0.478 e. The van der Waals surface area contributed by atoms with Crippen molar-refractivity contribution in [2.75, 3.05) is 36.5 Å². The molecule has 24 heavy (non-hydrogen) atoms. The fourth-order valence-electron chi connectivity index (χ4n) is 2.67. The maximum absolute atomic E-state index is 12.4. The number of rotatable bonds is 4. The van der Waals surface area contributed by atoms with Gasteiger partial charge in [0.25, 0.3) is 5.91 Å². The molecule has 1 fully saturated rings. The molecule has 6 nitrogen and oxygen atoms in total. The summed E-state index contributed by atoms with van der Waals surface area (Å²) in [6.07, 6.45) is 0. The Kier molecular flexibility index (Phi) is 4.77. The van der Waals surface area contributed by atoms with Crippen molar-refractivity contribution in [3.05, 3.63) is 59.7 Å². The van der Waals surface area contributed by atoms with Gasteiger partial charge in [-0.15, -0.1) is 0 Å². The van der Waals surface area contributed by atoms with Crippen LogP contribution in [-0.2, 0) is 4.74 Å². The molecule has 0 radical (unpaired) electrons. The fraction of sp³-hybridized carbons (Fsp3) is 0.222. The van der Waals surface area contributed by atoms with Gasteiger partial charge in [0.05, 0.1) is 24.3 Å². The second-order valence-corrected chi connectivity index (χ2v) is 5.45. The molecule has 6 heteroatoms. The Bertz CT molecular complexity index is 754. The van der Waals surface area contributed by atoms with E-state index in [1.165, 1.54) is 12.1 Å². The summed E-state index contributed by atoms with van der Waals surface area (Å²) < 4.78 is 5.34. The Balaban J connectivity index is 1.79. The number of nitrogens with one attached hydrogen (secondary N) is 1. The summed E-state index contributed by atoms with van der Waals surface area (Å²) in [6, 6.07) is 13.7. The lowest BCUT2D eigenvalue weighted by Crippen LogP contribution is -2.36. The molecule has 1 saturated heterocycles. The molecular formula is C18H18N2O4. The molecule has 1 aliphatic heterocycles. The van der Waals surface area contributed by atoms with E-state index in [2.05, 4.69) is 10.2 Å². The third kappa shape index (κ3) is 3.55. The van der Waals surface area contributed by atoms with E-state index in [1.54, 1.807) is 18.2 Å². The van der Waals surface area contributed by atoms with E-state index in [4.69, 9.17) is 4.74 Å². The highest BCUT2D eigenvalue weighted by molar-refractivity contribution is 6.10. The molecule has 3 rings (SSSR count). The third-order valence-electron chi connectivity index (χ3n) is 3.88. The van der Waals surface area contributed by atoms with E-state index in [0.717, 1.165) is 18.8 Å². The molecule has 124 valence electrons. The van der Waals surface area contributed by atoms with Crippen LogP contribution in [0.3, 0.4) is 0 Å². The minimum atomic E-state index is -1.12.